The van der Waals surface area contributed by atoms with Gasteiger partial charge in [-0.3, -0.25) is 0 Å². The fraction of sp³-hybridized carbons (Fsp3) is 0.0769. The smallest absolute Gasteiger partial charge is 0.0499 e. The van der Waals surface area contributed by atoms with Crippen LogP contribution >= 0.6 is 35.6 Å². The van der Waals surface area contributed by atoms with Crippen LogP contribution in [0.3, 0.4) is 0 Å². The van der Waals surface area contributed by atoms with Crippen molar-refractivity contribution in [2.75, 3.05) is 0 Å². The molecule has 0 aromatic heterocycles. The summed E-state index contributed by atoms with van der Waals surface area (Å²) in [5.41, 5.74) is 8.70. The zero-order valence-electron chi connectivity index (χ0n) is 8.99. The molecule has 4 heteroatoms. The number of hydrogen-bond acceptors (Lipinski definition) is 1. The van der Waals surface area contributed by atoms with Crippen LogP contribution in [0.1, 0.15) is 5.56 Å². The van der Waals surface area contributed by atoms with Crippen LogP contribution in [0.25, 0.3) is 11.1 Å². The van der Waals surface area contributed by atoms with Crippen LogP contribution in [0, 0.1) is 0 Å². The lowest BCUT2D eigenvalue weighted by Crippen LogP contribution is -1.95. The molecule has 0 aliphatic carbocycles. The van der Waals surface area contributed by atoms with Crippen LogP contribution in [-0.4, -0.2) is 0 Å². The van der Waals surface area contributed by atoms with Gasteiger partial charge < -0.3 is 5.73 Å². The van der Waals surface area contributed by atoms with Crippen molar-refractivity contribution in [2.24, 2.45) is 5.73 Å². The average Bonchev–Trinajstić information content (AvgIpc) is 2.29. The number of hydrogen-bond donors (Lipinski definition) is 1. The normalized spacial score (nSPS) is 9.82. The van der Waals surface area contributed by atoms with Crippen molar-refractivity contribution in [3.8, 4) is 11.1 Å². The van der Waals surface area contributed by atoms with E-state index < -0.39 is 0 Å². The molecule has 2 aromatic rings. The maximum Gasteiger partial charge on any atom is 0.0499 e. The average molecular weight is 289 g/mol. The van der Waals surface area contributed by atoms with Gasteiger partial charge in [0, 0.05) is 22.2 Å². The molecule has 0 saturated carbocycles. The monoisotopic (exact) mass is 287 g/mol. The second kappa shape index (κ2) is 6.27. The summed E-state index contributed by atoms with van der Waals surface area (Å²) in [5.74, 6) is 0. The largest absolute Gasteiger partial charge is 0.326 e. The Kier molecular flexibility index (Phi) is 5.29. The highest BCUT2D eigenvalue weighted by molar-refractivity contribution is 6.36. The van der Waals surface area contributed by atoms with E-state index in [9.17, 15) is 0 Å². The topological polar surface area (TPSA) is 26.0 Å². The van der Waals surface area contributed by atoms with E-state index >= 15 is 0 Å². The molecule has 0 amide bonds. The van der Waals surface area contributed by atoms with Crippen molar-refractivity contribution >= 4 is 35.6 Å². The number of benzene rings is 2. The third kappa shape index (κ3) is 3.36. The standard InChI is InChI=1S/C13H11Cl2N.ClH/c14-11-5-6-12(13(15)7-11)10-3-1-9(8-16)2-4-10;/h1-7H,8,16H2;1H. The molecule has 0 atom stereocenters. The highest BCUT2D eigenvalue weighted by atomic mass is 35.5. The van der Waals surface area contributed by atoms with Gasteiger partial charge in [-0.25, -0.2) is 0 Å². The third-order valence-corrected chi connectivity index (χ3v) is 2.98. The Labute approximate surface area is 117 Å². The van der Waals surface area contributed by atoms with Crippen molar-refractivity contribution in [3.05, 3.63) is 58.1 Å². The lowest BCUT2D eigenvalue weighted by atomic mass is 10.0. The lowest BCUT2D eigenvalue weighted by Gasteiger charge is -2.05. The molecule has 2 rings (SSSR count). The van der Waals surface area contributed by atoms with E-state index in [2.05, 4.69) is 0 Å². The predicted molar refractivity (Wildman–Crippen MR) is 77.0 cm³/mol. The van der Waals surface area contributed by atoms with Crippen molar-refractivity contribution in [3.63, 3.8) is 0 Å². The van der Waals surface area contributed by atoms with Gasteiger partial charge in [0.1, 0.15) is 0 Å². The van der Waals surface area contributed by atoms with Gasteiger partial charge in [0.05, 0.1) is 0 Å². The van der Waals surface area contributed by atoms with Gasteiger partial charge in [-0.2, -0.15) is 0 Å². The number of rotatable bonds is 2. The molecule has 0 fully saturated rings. The molecular weight excluding hydrogens is 277 g/mol. The molecule has 2 N–H and O–H groups in total. The maximum atomic E-state index is 6.13. The Balaban J connectivity index is 0.00000144. The van der Waals surface area contributed by atoms with E-state index in [1.165, 1.54) is 0 Å². The highest BCUT2D eigenvalue weighted by Gasteiger charge is 2.03. The summed E-state index contributed by atoms with van der Waals surface area (Å²) in [6, 6.07) is 13.5. The van der Waals surface area contributed by atoms with Gasteiger partial charge in [0.15, 0.2) is 0 Å². The molecule has 0 aliphatic heterocycles. The molecule has 0 bridgehead atoms. The number of halogens is 3. The summed E-state index contributed by atoms with van der Waals surface area (Å²) in [7, 11) is 0. The first-order chi connectivity index (χ1) is 7.70. The second-order valence-corrected chi connectivity index (χ2v) is 4.37. The first-order valence-corrected chi connectivity index (χ1v) is 5.71. The third-order valence-electron chi connectivity index (χ3n) is 2.43. The Hall–Kier alpha value is -0.730. The molecule has 1 nitrogen and oxygen atoms in total. The molecule has 17 heavy (non-hydrogen) atoms. The van der Waals surface area contributed by atoms with Crippen LogP contribution in [0.15, 0.2) is 42.5 Å². The van der Waals surface area contributed by atoms with Crippen LogP contribution in [0.4, 0.5) is 0 Å². The maximum absolute atomic E-state index is 6.13. The van der Waals surface area contributed by atoms with Gasteiger partial charge in [-0.1, -0.05) is 53.5 Å². The van der Waals surface area contributed by atoms with Gasteiger partial charge >= 0.3 is 0 Å². The molecule has 0 unspecified atom stereocenters. The quantitative estimate of drug-likeness (QED) is 0.862. The highest BCUT2D eigenvalue weighted by Crippen LogP contribution is 2.30. The fourth-order valence-corrected chi connectivity index (χ4v) is 2.06. The van der Waals surface area contributed by atoms with E-state index in [0.717, 1.165) is 16.7 Å². The van der Waals surface area contributed by atoms with E-state index in [-0.39, 0.29) is 12.4 Å². The summed E-state index contributed by atoms with van der Waals surface area (Å²) in [5, 5.41) is 1.31. The predicted octanol–water partition coefficient (Wildman–Crippen LogP) is 4.54. The van der Waals surface area contributed by atoms with Gasteiger partial charge in [0.25, 0.3) is 0 Å². The number of nitrogens with two attached hydrogens (primary N) is 1. The van der Waals surface area contributed by atoms with Gasteiger partial charge in [-0.15, -0.1) is 12.4 Å². The molecule has 90 valence electrons. The summed E-state index contributed by atoms with van der Waals surface area (Å²) >= 11 is 12.0. The molecular formula is C13H12Cl3N. The Morgan fingerprint density at radius 3 is 2.12 bits per heavy atom. The second-order valence-electron chi connectivity index (χ2n) is 3.53. The molecule has 0 radical (unpaired) electrons. The van der Waals surface area contributed by atoms with Crippen molar-refractivity contribution in [1.82, 2.24) is 0 Å². The first kappa shape index (κ1) is 14.3. The van der Waals surface area contributed by atoms with Crippen LogP contribution < -0.4 is 5.73 Å². The Bertz CT molecular complexity index is 495. The van der Waals surface area contributed by atoms with Crippen LogP contribution in [0.2, 0.25) is 10.0 Å². The Morgan fingerprint density at radius 1 is 0.941 bits per heavy atom. The van der Waals surface area contributed by atoms with Crippen LogP contribution in [-0.2, 0) is 6.54 Å². The van der Waals surface area contributed by atoms with E-state index in [1.54, 1.807) is 6.07 Å². The van der Waals surface area contributed by atoms with E-state index in [4.69, 9.17) is 28.9 Å². The summed E-state index contributed by atoms with van der Waals surface area (Å²) < 4.78 is 0. The summed E-state index contributed by atoms with van der Waals surface area (Å²) in [6.07, 6.45) is 0. The zero-order chi connectivity index (χ0) is 11.5. The SMILES string of the molecule is Cl.NCc1ccc(-c2ccc(Cl)cc2Cl)cc1. The van der Waals surface area contributed by atoms with Crippen molar-refractivity contribution < 1.29 is 0 Å². The Morgan fingerprint density at radius 2 is 1.59 bits per heavy atom. The zero-order valence-corrected chi connectivity index (χ0v) is 11.3. The minimum Gasteiger partial charge on any atom is -0.326 e. The fourth-order valence-electron chi connectivity index (χ4n) is 1.54. The van der Waals surface area contributed by atoms with E-state index in [0.29, 0.717) is 16.6 Å². The lowest BCUT2D eigenvalue weighted by molar-refractivity contribution is 1.07. The molecule has 0 saturated heterocycles. The van der Waals surface area contributed by atoms with Crippen LogP contribution in [0.5, 0.6) is 0 Å². The van der Waals surface area contributed by atoms with Gasteiger partial charge in [0.2, 0.25) is 0 Å². The first-order valence-electron chi connectivity index (χ1n) is 4.95. The minimum atomic E-state index is 0. The van der Waals surface area contributed by atoms with E-state index in [1.807, 2.05) is 36.4 Å². The summed E-state index contributed by atoms with van der Waals surface area (Å²) in [6.45, 7) is 0.550. The molecule has 0 aliphatic rings. The van der Waals surface area contributed by atoms with Gasteiger partial charge in [-0.05, 0) is 23.3 Å². The molecule has 2 aromatic carbocycles. The van der Waals surface area contributed by atoms with Crippen molar-refractivity contribution in [1.29, 1.82) is 0 Å². The minimum absolute atomic E-state index is 0. The van der Waals surface area contributed by atoms with Crippen molar-refractivity contribution in [2.45, 2.75) is 6.54 Å². The summed E-state index contributed by atoms with van der Waals surface area (Å²) in [4.78, 5) is 0. The molecule has 0 spiro atoms. The molecule has 0 heterocycles.